The van der Waals surface area contributed by atoms with Gasteiger partial charge >= 0.3 is 5.97 Å². The molecule has 0 saturated carbocycles. The molecular formula is C12H22N2O3. The van der Waals surface area contributed by atoms with Gasteiger partial charge in [0.25, 0.3) is 0 Å². The van der Waals surface area contributed by atoms with Crippen LogP contribution in [0.5, 0.6) is 0 Å². The Morgan fingerprint density at radius 2 is 2.24 bits per heavy atom. The molecule has 0 aliphatic carbocycles. The number of aliphatic carboxylic acids is 1. The van der Waals surface area contributed by atoms with Crippen LogP contribution in [0.15, 0.2) is 0 Å². The van der Waals surface area contributed by atoms with Crippen molar-refractivity contribution in [3.8, 4) is 0 Å². The largest absolute Gasteiger partial charge is 0.480 e. The lowest BCUT2D eigenvalue weighted by Gasteiger charge is -2.30. The molecule has 1 rings (SSSR count). The van der Waals surface area contributed by atoms with Gasteiger partial charge in [-0.1, -0.05) is 6.92 Å². The molecule has 1 saturated heterocycles. The summed E-state index contributed by atoms with van der Waals surface area (Å²) in [5.41, 5.74) is 0. The third kappa shape index (κ3) is 6.26. The molecule has 0 radical (unpaired) electrons. The molecular weight excluding hydrogens is 220 g/mol. The van der Waals surface area contributed by atoms with Crippen molar-refractivity contribution >= 4 is 11.9 Å². The van der Waals surface area contributed by atoms with Gasteiger partial charge in [0, 0.05) is 13.0 Å². The predicted octanol–water partition coefficient (Wildman–Crippen LogP) is 0.699. The highest BCUT2D eigenvalue weighted by atomic mass is 16.4. The first-order valence-electron chi connectivity index (χ1n) is 6.29. The average Bonchev–Trinajstić information content (AvgIpc) is 2.26. The van der Waals surface area contributed by atoms with Gasteiger partial charge in [0.05, 0.1) is 0 Å². The van der Waals surface area contributed by atoms with E-state index in [0.717, 1.165) is 32.0 Å². The number of nitrogens with zero attached hydrogens (tertiary/aromatic N) is 1. The number of hydrogen-bond acceptors (Lipinski definition) is 3. The third-order valence-corrected chi connectivity index (χ3v) is 3.06. The topological polar surface area (TPSA) is 69.6 Å². The van der Waals surface area contributed by atoms with Crippen LogP contribution in [0.3, 0.4) is 0 Å². The van der Waals surface area contributed by atoms with Gasteiger partial charge in [-0.25, -0.2) is 0 Å². The van der Waals surface area contributed by atoms with E-state index < -0.39 is 5.97 Å². The summed E-state index contributed by atoms with van der Waals surface area (Å²) in [6.07, 6.45) is 3.76. The van der Waals surface area contributed by atoms with Crippen molar-refractivity contribution in [3.05, 3.63) is 0 Å². The van der Waals surface area contributed by atoms with Crippen LogP contribution in [0.25, 0.3) is 0 Å². The number of hydrogen-bond donors (Lipinski definition) is 2. The van der Waals surface area contributed by atoms with Gasteiger partial charge in [-0.3, -0.25) is 9.59 Å². The van der Waals surface area contributed by atoms with Gasteiger partial charge in [0.2, 0.25) is 5.91 Å². The second-order valence-electron chi connectivity index (χ2n) is 4.82. The molecule has 1 aliphatic rings. The molecule has 1 unspecified atom stereocenters. The maximum Gasteiger partial charge on any atom is 0.322 e. The van der Waals surface area contributed by atoms with Gasteiger partial charge in [-0.05, 0) is 38.3 Å². The van der Waals surface area contributed by atoms with Crippen LogP contribution in [0.4, 0.5) is 0 Å². The molecule has 17 heavy (non-hydrogen) atoms. The smallest absolute Gasteiger partial charge is 0.322 e. The van der Waals surface area contributed by atoms with Crippen LogP contribution in [0, 0.1) is 5.92 Å². The number of nitrogens with one attached hydrogen (secondary N) is 1. The summed E-state index contributed by atoms with van der Waals surface area (Å²) in [5, 5.41) is 10.8. The standard InChI is InChI=1S/C12H22N2O3/c1-10-4-2-6-14(9-10)7-3-5-11(15)13-8-12(16)17/h10H,2-9H2,1H3,(H,13,15)(H,16,17). The molecule has 0 spiro atoms. The minimum Gasteiger partial charge on any atom is -0.480 e. The Balaban J connectivity index is 2.06. The van der Waals surface area contributed by atoms with E-state index in [1.807, 2.05) is 0 Å². The van der Waals surface area contributed by atoms with Gasteiger partial charge in [-0.15, -0.1) is 0 Å². The van der Waals surface area contributed by atoms with E-state index in [1.165, 1.54) is 12.8 Å². The van der Waals surface area contributed by atoms with Crippen LogP contribution in [0.2, 0.25) is 0 Å². The molecule has 1 amide bonds. The normalized spacial score (nSPS) is 21.1. The summed E-state index contributed by atoms with van der Waals surface area (Å²) in [7, 11) is 0. The first-order chi connectivity index (χ1) is 8.08. The van der Waals surface area contributed by atoms with E-state index in [1.54, 1.807) is 0 Å². The van der Waals surface area contributed by atoms with Crippen molar-refractivity contribution < 1.29 is 14.7 Å². The minimum atomic E-state index is -0.997. The highest BCUT2D eigenvalue weighted by molar-refractivity contribution is 5.80. The lowest BCUT2D eigenvalue weighted by Crippen LogP contribution is -2.36. The summed E-state index contributed by atoms with van der Waals surface area (Å²) < 4.78 is 0. The van der Waals surface area contributed by atoms with Crippen molar-refractivity contribution in [1.29, 1.82) is 0 Å². The fourth-order valence-electron chi connectivity index (χ4n) is 2.22. The number of piperidine rings is 1. The number of carboxylic acids is 1. The second-order valence-corrected chi connectivity index (χ2v) is 4.82. The average molecular weight is 242 g/mol. The lowest BCUT2D eigenvalue weighted by atomic mass is 10.0. The van der Waals surface area contributed by atoms with Crippen LogP contribution in [-0.2, 0) is 9.59 Å². The van der Waals surface area contributed by atoms with Crippen LogP contribution < -0.4 is 5.32 Å². The van der Waals surface area contributed by atoms with Crippen LogP contribution >= 0.6 is 0 Å². The molecule has 0 aromatic rings. The third-order valence-electron chi connectivity index (χ3n) is 3.06. The number of carbonyl (C=O) groups excluding carboxylic acids is 1. The first-order valence-corrected chi connectivity index (χ1v) is 6.29. The van der Waals surface area contributed by atoms with Crippen molar-refractivity contribution in [2.75, 3.05) is 26.2 Å². The fraction of sp³-hybridized carbons (Fsp3) is 0.833. The molecule has 1 heterocycles. The Labute approximate surface area is 102 Å². The van der Waals surface area contributed by atoms with Gasteiger partial charge < -0.3 is 15.3 Å². The Morgan fingerprint density at radius 1 is 1.47 bits per heavy atom. The number of carbonyl (C=O) groups is 2. The lowest BCUT2D eigenvalue weighted by molar-refractivity contribution is -0.137. The Kier molecular flexibility index (Phi) is 5.97. The van der Waals surface area contributed by atoms with E-state index in [2.05, 4.69) is 17.1 Å². The predicted molar refractivity (Wildman–Crippen MR) is 64.7 cm³/mol. The summed E-state index contributed by atoms with van der Waals surface area (Å²) in [6, 6.07) is 0. The Bertz CT molecular complexity index is 268. The maximum atomic E-state index is 11.3. The zero-order valence-corrected chi connectivity index (χ0v) is 10.4. The summed E-state index contributed by atoms with van der Waals surface area (Å²) in [5.74, 6) is -0.412. The second kappa shape index (κ2) is 7.27. The SMILES string of the molecule is CC1CCCN(CCCC(=O)NCC(=O)O)C1. The van der Waals surface area contributed by atoms with Crippen molar-refractivity contribution in [2.45, 2.75) is 32.6 Å². The van der Waals surface area contributed by atoms with E-state index in [4.69, 9.17) is 5.11 Å². The number of amides is 1. The molecule has 98 valence electrons. The maximum absolute atomic E-state index is 11.3. The van der Waals surface area contributed by atoms with Gasteiger partial charge in [-0.2, -0.15) is 0 Å². The van der Waals surface area contributed by atoms with E-state index >= 15 is 0 Å². The van der Waals surface area contributed by atoms with Crippen molar-refractivity contribution in [3.63, 3.8) is 0 Å². The quantitative estimate of drug-likeness (QED) is 0.719. The van der Waals surface area contributed by atoms with Crippen molar-refractivity contribution in [2.24, 2.45) is 5.92 Å². The van der Waals surface area contributed by atoms with Crippen LogP contribution in [-0.4, -0.2) is 48.1 Å². The zero-order valence-electron chi connectivity index (χ0n) is 10.4. The highest BCUT2D eigenvalue weighted by Gasteiger charge is 2.15. The number of carboxylic acid groups (broad SMARTS) is 1. The van der Waals surface area contributed by atoms with E-state index in [9.17, 15) is 9.59 Å². The number of rotatable bonds is 6. The molecule has 5 nitrogen and oxygen atoms in total. The Hall–Kier alpha value is -1.10. The monoisotopic (exact) mass is 242 g/mol. The molecule has 0 aromatic heterocycles. The fourth-order valence-corrected chi connectivity index (χ4v) is 2.22. The highest BCUT2D eigenvalue weighted by Crippen LogP contribution is 2.15. The number of likely N-dealkylation sites (tertiary alicyclic amines) is 1. The summed E-state index contributed by atoms with van der Waals surface area (Å²) >= 11 is 0. The van der Waals surface area contributed by atoms with Crippen molar-refractivity contribution in [1.82, 2.24) is 10.2 Å². The zero-order chi connectivity index (χ0) is 12.7. The molecule has 2 N–H and O–H groups in total. The summed E-state index contributed by atoms with van der Waals surface area (Å²) in [4.78, 5) is 23.9. The molecule has 5 heteroatoms. The molecule has 0 aromatic carbocycles. The first kappa shape index (κ1) is 14.0. The molecule has 1 aliphatic heterocycles. The molecule has 1 fully saturated rings. The minimum absolute atomic E-state index is 0.169. The van der Waals surface area contributed by atoms with Gasteiger partial charge in [0.1, 0.15) is 6.54 Å². The van der Waals surface area contributed by atoms with E-state index in [0.29, 0.717) is 6.42 Å². The molecule has 0 bridgehead atoms. The van der Waals surface area contributed by atoms with Gasteiger partial charge in [0.15, 0.2) is 0 Å². The molecule has 1 atom stereocenters. The van der Waals surface area contributed by atoms with Crippen LogP contribution in [0.1, 0.15) is 32.6 Å². The van der Waals surface area contributed by atoms with E-state index in [-0.39, 0.29) is 12.5 Å². The summed E-state index contributed by atoms with van der Waals surface area (Å²) in [6.45, 7) is 5.16. The Morgan fingerprint density at radius 3 is 2.88 bits per heavy atom.